The van der Waals surface area contributed by atoms with E-state index in [1.54, 1.807) is 14.2 Å². The van der Waals surface area contributed by atoms with Crippen molar-refractivity contribution in [2.75, 3.05) is 47.9 Å². The van der Waals surface area contributed by atoms with Gasteiger partial charge < -0.3 is 25.0 Å². The van der Waals surface area contributed by atoms with Crippen molar-refractivity contribution in [3.8, 4) is 11.5 Å². The zero-order valence-corrected chi connectivity index (χ0v) is 15.3. The van der Waals surface area contributed by atoms with Crippen LogP contribution in [0.3, 0.4) is 0 Å². The third-order valence-corrected chi connectivity index (χ3v) is 4.52. The summed E-state index contributed by atoms with van der Waals surface area (Å²) >= 11 is 0. The zero-order chi connectivity index (χ0) is 17.5. The molecule has 1 saturated heterocycles. The molecule has 1 atom stereocenters. The Labute approximate surface area is 145 Å². The molecule has 0 aromatic heterocycles. The van der Waals surface area contributed by atoms with Crippen LogP contribution in [0.4, 0.5) is 0 Å². The summed E-state index contributed by atoms with van der Waals surface area (Å²) in [6.07, 6.45) is 3.68. The fraction of sp³-hybridized carbons (Fsp3) is 0.611. The van der Waals surface area contributed by atoms with Crippen LogP contribution in [0.1, 0.15) is 30.9 Å². The summed E-state index contributed by atoms with van der Waals surface area (Å²) in [4.78, 5) is 8.98. The lowest BCUT2D eigenvalue weighted by Crippen LogP contribution is -2.41. The molecular formula is C18H30N4O2. The number of rotatable bonds is 6. The Morgan fingerprint density at radius 1 is 1.17 bits per heavy atom. The molecule has 6 nitrogen and oxygen atoms in total. The molecule has 1 aromatic carbocycles. The molecule has 2 rings (SSSR count). The highest BCUT2D eigenvalue weighted by Gasteiger charge is 2.18. The van der Waals surface area contributed by atoms with Gasteiger partial charge in [-0.1, -0.05) is 6.07 Å². The molecule has 1 aromatic rings. The number of ether oxygens (including phenoxy) is 2. The number of nitrogens with two attached hydrogens (primary N) is 1. The number of hydrogen-bond acceptors (Lipinski definition) is 4. The number of hydrogen-bond donors (Lipinski definition) is 1. The highest BCUT2D eigenvalue weighted by Crippen LogP contribution is 2.31. The molecule has 1 fully saturated rings. The first-order valence-corrected chi connectivity index (χ1v) is 8.50. The Morgan fingerprint density at radius 2 is 1.83 bits per heavy atom. The molecule has 0 bridgehead atoms. The summed E-state index contributed by atoms with van der Waals surface area (Å²) < 4.78 is 10.7. The van der Waals surface area contributed by atoms with Crippen LogP contribution in [0.2, 0.25) is 0 Å². The molecule has 134 valence electrons. The topological polar surface area (TPSA) is 63.3 Å². The van der Waals surface area contributed by atoms with Crippen LogP contribution in [0.5, 0.6) is 11.5 Å². The van der Waals surface area contributed by atoms with Gasteiger partial charge in [-0.15, -0.1) is 0 Å². The molecule has 0 radical (unpaired) electrons. The van der Waals surface area contributed by atoms with Crippen LogP contribution in [0, 0.1) is 0 Å². The molecule has 1 aliphatic rings. The summed E-state index contributed by atoms with van der Waals surface area (Å²) in [5, 5.41) is 0. The van der Waals surface area contributed by atoms with Crippen molar-refractivity contribution < 1.29 is 9.47 Å². The van der Waals surface area contributed by atoms with Crippen LogP contribution >= 0.6 is 0 Å². The average Bonchev–Trinajstić information content (AvgIpc) is 2.61. The Balaban J connectivity index is 2.14. The normalized spacial score (nSPS) is 17.0. The van der Waals surface area contributed by atoms with E-state index in [0.717, 1.165) is 30.2 Å². The minimum absolute atomic E-state index is 0.133. The van der Waals surface area contributed by atoms with E-state index in [0.29, 0.717) is 12.5 Å². The third-order valence-electron chi connectivity index (χ3n) is 4.52. The Hall–Kier alpha value is -1.95. The highest BCUT2D eigenvalue weighted by atomic mass is 16.5. The summed E-state index contributed by atoms with van der Waals surface area (Å²) in [7, 11) is 7.39. The SMILES string of the molecule is COc1ccc(C(CN=C(N)N2CCCCC2)N(C)C)cc1OC. The maximum atomic E-state index is 6.19. The van der Waals surface area contributed by atoms with E-state index in [1.165, 1.54) is 19.3 Å². The van der Waals surface area contributed by atoms with E-state index in [2.05, 4.69) is 20.9 Å². The molecule has 2 N–H and O–H groups in total. The monoisotopic (exact) mass is 334 g/mol. The van der Waals surface area contributed by atoms with Crippen LogP contribution < -0.4 is 15.2 Å². The molecule has 0 saturated carbocycles. The lowest BCUT2D eigenvalue weighted by atomic mass is 10.1. The highest BCUT2D eigenvalue weighted by molar-refractivity contribution is 5.78. The van der Waals surface area contributed by atoms with Gasteiger partial charge in [0.15, 0.2) is 17.5 Å². The maximum absolute atomic E-state index is 6.19. The summed E-state index contributed by atoms with van der Waals surface area (Å²) in [5.41, 5.74) is 7.32. The van der Waals surface area contributed by atoms with Crippen LogP contribution in [0.15, 0.2) is 23.2 Å². The predicted octanol–water partition coefficient (Wildman–Crippen LogP) is 2.11. The van der Waals surface area contributed by atoms with Crippen molar-refractivity contribution in [1.29, 1.82) is 0 Å². The number of benzene rings is 1. The van der Waals surface area contributed by atoms with Gasteiger partial charge in [0.1, 0.15) is 0 Å². The molecular weight excluding hydrogens is 304 g/mol. The van der Waals surface area contributed by atoms with Gasteiger partial charge in [-0.3, -0.25) is 4.99 Å². The Morgan fingerprint density at radius 3 is 2.42 bits per heavy atom. The molecule has 1 heterocycles. The van der Waals surface area contributed by atoms with E-state index < -0.39 is 0 Å². The van der Waals surface area contributed by atoms with Crippen LogP contribution in [-0.2, 0) is 0 Å². The first kappa shape index (κ1) is 18.4. The third kappa shape index (κ3) is 4.54. The van der Waals surface area contributed by atoms with Crippen molar-refractivity contribution in [3.05, 3.63) is 23.8 Å². The summed E-state index contributed by atoms with van der Waals surface area (Å²) in [6, 6.07) is 6.13. The van der Waals surface area contributed by atoms with E-state index in [1.807, 2.05) is 26.2 Å². The molecule has 0 aliphatic carbocycles. The summed E-state index contributed by atoms with van der Waals surface area (Å²) in [5.74, 6) is 2.12. The number of likely N-dealkylation sites (tertiary alicyclic amines) is 1. The fourth-order valence-electron chi connectivity index (χ4n) is 3.03. The predicted molar refractivity (Wildman–Crippen MR) is 97.9 cm³/mol. The molecule has 0 spiro atoms. The van der Waals surface area contributed by atoms with E-state index in [-0.39, 0.29) is 6.04 Å². The number of aliphatic imine (C=N–C) groups is 1. The number of nitrogens with zero attached hydrogens (tertiary/aromatic N) is 3. The van der Waals surface area contributed by atoms with Gasteiger partial charge in [-0.25, -0.2) is 0 Å². The van der Waals surface area contributed by atoms with Crippen molar-refractivity contribution in [1.82, 2.24) is 9.80 Å². The van der Waals surface area contributed by atoms with Gasteiger partial charge in [0.25, 0.3) is 0 Å². The zero-order valence-electron chi connectivity index (χ0n) is 15.3. The number of methoxy groups -OCH3 is 2. The van der Waals surface area contributed by atoms with Gasteiger partial charge >= 0.3 is 0 Å². The van der Waals surface area contributed by atoms with Crippen molar-refractivity contribution in [2.24, 2.45) is 10.7 Å². The van der Waals surface area contributed by atoms with Crippen molar-refractivity contribution in [2.45, 2.75) is 25.3 Å². The Kier molecular flexibility index (Phi) is 6.73. The molecule has 0 amide bonds. The number of likely N-dealkylation sites (N-methyl/N-ethyl adjacent to an activating group) is 1. The lowest BCUT2D eigenvalue weighted by Gasteiger charge is -2.29. The smallest absolute Gasteiger partial charge is 0.191 e. The van der Waals surface area contributed by atoms with E-state index in [4.69, 9.17) is 15.2 Å². The van der Waals surface area contributed by atoms with Gasteiger partial charge in [0.05, 0.1) is 26.8 Å². The van der Waals surface area contributed by atoms with Crippen LogP contribution in [0.25, 0.3) is 0 Å². The second-order valence-corrected chi connectivity index (χ2v) is 6.34. The van der Waals surface area contributed by atoms with Gasteiger partial charge in [-0.2, -0.15) is 0 Å². The molecule has 1 unspecified atom stereocenters. The number of guanidine groups is 1. The molecule has 6 heteroatoms. The first-order chi connectivity index (χ1) is 11.6. The maximum Gasteiger partial charge on any atom is 0.191 e. The van der Waals surface area contributed by atoms with Crippen molar-refractivity contribution in [3.63, 3.8) is 0 Å². The van der Waals surface area contributed by atoms with Crippen molar-refractivity contribution >= 4 is 5.96 Å². The van der Waals surface area contributed by atoms with Gasteiger partial charge in [0.2, 0.25) is 0 Å². The Bertz CT molecular complexity index is 554. The van der Waals surface area contributed by atoms with E-state index >= 15 is 0 Å². The fourth-order valence-corrected chi connectivity index (χ4v) is 3.03. The standard InChI is InChI=1S/C18H30N4O2/c1-21(2)15(13-20-18(19)22-10-6-5-7-11-22)14-8-9-16(23-3)17(12-14)24-4/h8-9,12,15H,5-7,10-11,13H2,1-4H3,(H2,19,20). The number of piperidine rings is 1. The first-order valence-electron chi connectivity index (χ1n) is 8.50. The average molecular weight is 334 g/mol. The minimum Gasteiger partial charge on any atom is -0.493 e. The van der Waals surface area contributed by atoms with E-state index in [9.17, 15) is 0 Å². The lowest BCUT2D eigenvalue weighted by molar-refractivity contribution is 0.299. The van der Waals surface area contributed by atoms with Gasteiger partial charge in [0, 0.05) is 13.1 Å². The minimum atomic E-state index is 0.133. The quantitative estimate of drug-likeness (QED) is 0.638. The second-order valence-electron chi connectivity index (χ2n) is 6.34. The molecule has 24 heavy (non-hydrogen) atoms. The second kappa shape index (κ2) is 8.78. The van der Waals surface area contributed by atoms with Gasteiger partial charge in [-0.05, 0) is 51.1 Å². The van der Waals surface area contributed by atoms with Crippen LogP contribution in [-0.4, -0.2) is 63.7 Å². The largest absolute Gasteiger partial charge is 0.493 e. The molecule has 1 aliphatic heterocycles. The summed E-state index contributed by atoms with van der Waals surface area (Å²) in [6.45, 7) is 2.64.